The molecule has 2 aliphatic carbocycles. The van der Waals surface area contributed by atoms with Crippen molar-refractivity contribution in [1.82, 2.24) is 0 Å². The average molecular weight is 453 g/mol. The predicted molar refractivity (Wildman–Crippen MR) is 123 cm³/mol. The molecule has 5 rings (SSSR count). The number of benzene rings is 3. The fourth-order valence-corrected chi connectivity index (χ4v) is 5.07. The maximum Gasteiger partial charge on any atom is 0.200 e. The van der Waals surface area contributed by atoms with E-state index in [0.717, 1.165) is 27.8 Å². The minimum atomic E-state index is -0.675. The lowest BCUT2D eigenvalue weighted by molar-refractivity contribution is -0.110. The molecule has 3 aromatic rings. The second-order valence-corrected chi connectivity index (χ2v) is 8.24. The van der Waals surface area contributed by atoms with Gasteiger partial charge in [-0.15, -0.1) is 0 Å². The maximum atomic E-state index is 13.2. The van der Waals surface area contributed by atoms with Crippen molar-refractivity contribution in [3.63, 3.8) is 0 Å². The Labute approximate surface area is 183 Å². The quantitative estimate of drug-likeness (QED) is 0.457. The van der Waals surface area contributed by atoms with Gasteiger partial charge in [0.1, 0.15) is 0 Å². The number of fused-ring (bicyclic) bond motifs is 2. The molecular formula is C27H17BrO2. The van der Waals surface area contributed by atoms with Crippen LogP contribution in [0.4, 0.5) is 0 Å². The first-order valence-electron chi connectivity index (χ1n) is 9.73. The van der Waals surface area contributed by atoms with Crippen LogP contribution in [0.25, 0.3) is 16.7 Å². The highest BCUT2D eigenvalue weighted by Crippen LogP contribution is 2.50. The van der Waals surface area contributed by atoms with Crippen LogP contribution in [0.3, 0.4) is 0 Å². The summed E-state index contributed by atoms with van der Waals surface area (Å²) in [6.07, 6.45) is 6.99. The van der Waals surface area contributed by atoms with E-state index in [1.807, 2.05) is 66.7 Å². The van der Waals surface area contributed by atoms with E-state index in [-0.39, 0.29) is 11.6 Å². The van der Waals surface area contributed by atoms with Crippen LogP contribution in [-0.4, -0.2) is 11.6 Å². The summed E-state index contributed by atoms with van der Waals surface area (Å²) < 4.78 is 0.525. The summed E-state index contributed by atoms with van der Waals surface area (Å²) in [4.78, 5) is 25.1. The number of allylic oxidation sites excluding steroid dienone is 6. The smallest absolute Gasteiger partial charge is 0.200 e. The molecule has 1 spiro atoms. The highest BCUT2D eigenvalue weighted by Gasteiger charge is 2.43. The van der Waals surface area contributed by atoms with Crippen LogP contribution in [0, 0.1) is 0 Å². The number of Topliss-reactive ketones (excluding diaryl/α,β-unsaturated/α-hetero) is 1. The third-order valence-corrected chi connectivity index (χ3v) is 6.51. The van der Waals surface area contributed by atoms with Crippen molar-refractivity contribution in [3.8, 4) is 11.1 Å². The maximum absolute atomic E-state index is 13.2. The van der Waals surface area contributed by atoms with E-state index in [0.29, 0.717) is 10.0 Å². The first-order valence-corrected chi connectivity index (χ1v) is 10.5. The van der Waals surface area contributed by atoms with Gasteiger partial charge in [0, 0.05) is 5.56 Å². The van der Waals surface area contributed by atoms with Crippen LogP contribution >= 0.6 is 15.9 Å². The van der Waals surface area contributed by atoms with Gasteiger partial charge in [-0.25, -0.2) is 0 Å². The lowest BCUT2D eigenvalue weighted by Gasteiger charge is -2.38. The molecule has 0 aliphatic heterocycles. The Morgan fingerprint density at radius 1 is 0.633 bits per heavy atom. The Morgan fingerprint density at radius 3 is 1.90 bits per heavy atom. The van der Waals surface area contributed by atoms with Gasteiger partial charge in [-0.3, -0.25) is 9.59 Å². The molecule has 3 heteroatoms. The predicted octanol–water partition coefficient (Wildman–Crippen LogP) is 6.29. The zero-order valence-electron chi connectivity index (χ0n) is 16.0. The zero-order valence-corrected chi connectivity index (χ0v) is 17.6. The molecule has 0 saturated heterocycles. The minimum Gasteiger partial charge on any atom is -0.290 e. The second kappa shape index (κ2) is 7.19. The van der Waals surface area contributed by atoms with Gasteiger partial charge in [0.2, 0.25) is 5.78 Å². The molecule has 0 bridgehead atoms. The van der Waals surface area contributed by atoms with E-state index in [9.17, 15) is 9.59 Å². The Bertz CT molecular complexity index is 1250. The molecular weight excluding hydrogens is 436 g/mol. The van der Waals surface area contributed by atoms with Crippen molar-refractivity contribution in [2.75, 3.05) is 0 Å². The van der Waals surface area contributed by atoms with E-state index < -0.39 is 5.41 Å². The van der Waals surface area contributed by atoms with Crippen molar-refractivity contribution in [3.05, 3.63) is 124 Å². The molecule has 144 valence electrons. The molecule has 2 nitrogen and oxygen atoms in total. The number of halogens is 1. The SMILES string of the molecule is O=C1C=CC2(C=C1)C(c1ccc(-c3ccccc3)cc1)=C(Br)C(=O)c1ccccc12. The largest absolute Gasteiger partial charge is 0.290 e. The molecule has 0 saturated carbocycles. The topological polar surface area (TPSA) is 34.1 Å². The summed E-state index contributed by atoms with van der Waals surface area (Å²) in [7, 11) is 0. The minimum absolute atomic E-state index is 0.0444. The molecule has 0 unspecified atom stereocenters. The van der Waals surface area contributed by atoms with Crippen LogP contribution in [-0.2, 0) is 10.2 Å². The van der Waals surface area contributed by atoms with Gasteiger partial charge in [-0.2, -0.15) is 0 Å². The second-order valence-electron chi connectivity index (χ2n) is 7.45. The zero-order chi connectivity index (χ0) is 20.7. The highest BCUT2D eigenvalue weighted by molar-refractivity contribution is 9.12. The van der Waals surface area contributed by atoms with Crippen LogP contribution in [0.2, 0.25) is 0 Å². The number of carbonyl (C=O) groups excluding carboxylic acids is 2. The summed E-state index contributed by atoms with van der Waals surface area (Å²) in [5.74, 6) is -0.0954. The van der Waals surface area contributed by atoms with Crippen molar-refractivity contribution in [1.29, 1.82) is 0 Å². The summed E-state index contributed by atoms with van der Waals surface area (Å²) in [5.41, 5.74) is 4.90. The van der Waals surface area contributed by atoms with Crippen molar-refractivity contribution in [2.45, 2.75) is 5.41 Å². The molecule has 0 amide bonds. The van der Waals surface area contributed by atoms with Crippen LogP contribution in [0.1, 0.15) is 21.5 Å². The van der Waals surface area contributed by atoms with E-state index in [1.165, 1.54) is 0 Å². The summed E-state index contributed by atoms with van der Waals surface area (Å²) in [6.45, 7) is 0. The molecule has 30 heavy (non-hydrogen) atoms. The molecule has 0 radical (unpaired) electrons. The van der Waals surface area contributed by atoms with Crippen LogP contribution in [0.5, 0.6) is 0 Å². The Morgan fingerprint density at radius 2 is 1.20 bits per heavy atom. The number of ketones is 2. The highest BCUT2D eigenvalue weighted by atomic mass is 79.9. The van der Waals surface area contributed by atoms with Crippen molar-refractivity contribution < 1.29 is 9.59 Å². The lowest BCUT2D eigenvalue weighted by atomic mass is 9.65. The molecule has 2 aliphatic rings. The Kier molecular flexibility index (Phi) is 4.48. The first-order chi connectivity index (χ1) is 14.6. The van der Waals surface area contributed by atoms with E-state index in [4.69, 9.17) is 0 Å². The third kappa shape index (κ3) is 2.86. The number of hydrogen-bond acceptors (Lipinski definition) is 2. The van der Waals surface area contributed by atoms with Crippen LogP contribution < -0.4 is 0 Å². The molecule has 0 aromatic heterocycles. The van der Waals surface area contributed by atoms with Gasteiger partial charge in [-0.05, 0) is 55.9 Å². The van der Waals surface area contributed by atoms with E-state index in [2.05, 4.69) is 40.2 Å². The third-order valence-electron chi connectivity index (χ3n) is 5.75. The van der Waals surface area contributed by atoms with Gasteiger partial charge in [0.05, 0.1) is 9.90 Å². The fraction of sp³-hybridized carbons (Fsp3) is 0.0370. The molecule has 3 aromatic carbocycles. The Hall–Kier alpha value is -3.30. The molecule has 0 atom stereocenters. The van der Waals surface area contributed by atoms with Crippen LogP contribution in [0.15, 0.2) is 108 Å². The average Bonchev–Trinajstić information content (AvgIpc) is 2.80. The van der Waals surface area contributed by atoms with E-state index in [1.54, 1.807) is 12.2 Å². The number of carbonyl (C=O) groups is 2. The summed E-state index contributed by atoms with van der Waals surface area (Å²) in [5, 5.41) is 0. The standard InChI is InChI=1S/C27H17BrO2/c28-25-24(20-12-10-19(11-13-20)18-6-2-1-3-7-18)27(16-14-21(29)15-17-27)23-9-5-4-8-22(23)26(25)30/h1-17H. The molecule has 0 fully saturated rings. The van der Waals surface area contributed by atoms with Gasteiger partial charge in [0.25, 0.3) is 0 Å². The molecule has 0 heterocycles. The van der Waals surface area contributed by atoms with Crippen molar-refractivity contribution >= 4 is 33.1 Å². The molecule has 0 N–H and O–H groups in total. The first kappa shape index (κ1) is 18.7. The van der Waals surface area contributed by atoms with Gasteiger partial charge in [-0.1, -0.05) is 91.0 Å². The lowest BCUT2D eigenvalue weighted by Crippen LogP contribution is -2.33. The fourth-order valence-electron chi connectivity index (χ4n) is 4.30. The summed E-state index contributed by atoms with van der Waals surface area (Å²) in [6, 6.07) is 26.0. The normalized spacial score (nSPS) is 16.8. The Balaban J connectivity index is 1.71. The number of hydrogen-bond donors (Lipinski definition) is 0. The van der Waals surface area contributed by atoms with Gasteiger partial charge < -0.3 is 0 Å². The monoisotopic (exact) mass is 452 g/mol. The van der Waals surface area contributed by atoms with Gasteiger partial charge >= 0.3 is 0 Å². The summed E-state index contributed by atoms with van der Waals surface area (Å²) >= 11 is 3.59. The van der Waals surface area contributed by atoms with Crippen molar-refractivity contribution in [2.24, 2.45) is 0 Å². The van der Waals surface area contributed by atoms with E-state index >= 15 is 0 Å². The number of rotatable bonds is 2. The van der Waals surface area contributed by atoms with Gasteiger partial charge in [0.15, 0.2) is 5.78 Å².